The van der Waals surface area contributed by atoms with Gasteiger partial charge in [0.15, 0.2) is 0 Å². The first-order valence-electron chi connectivity index (χ1n) is 6.43. The Kier molecular flexibility index (Phi) is 4.03. The van der Waals surface area contributed by atoms with Crippen molar-refractivity contribution in [2.45, 2.75) is 19.4 Å². The Morgan fingerprint density at radius 2 is 1.62 bits per heavy atom. The standard InChI is InChI=1S/C16H15NO4/c1-16(2,13-6-4-3-5-7-13)21-15(18)12-8-10-14(11-9-12)17(19)20/h3-11H,1-2H3. The maximum absolute atomic E-state index is 12.1. The Bertz CT molecular complexity index is 648. The molecule has 0 heterocycles. The minimum absolute atomic E-state index is 0.0612. The normalized spacial score (nSPS) is 11.0. The largest absolute Gasteiger partial charge is 0.451 e. The lowest BCUT2D eigenvalue weighted by Gasteiger charge is -2.25. The molecule has 0 spiro atoms. The molecule has 0 aliphatic heterocycles. The second-order valence-electron chi connectivity index (χ2n) is 5.07. The third-order valence-corrected chi connectivity index (χ3v) is 3.13. The average Bonchev–Trinajstić information content (AvgIpc) is 2.48. The van der Waals surface area contributed by atoms with E-state index in [1.165, 1.54) is 24.3 Å². The van der Waals surface area contributed by atoms with E-state index in [4.69, 9.17) is 4.74 Å². The summed E-state index contributed by atoms with van der Waals surface area (Å²) in [5.41, 5.74) is 0.318. The van der Waals surface area contributed by atoms with Crippen LogP contribution in [0.5, 0.6) is 0 Å². The predicted octanol–water partition coefficient (Wildman–Crippen LogP) is 3.69. The van der Waals surface area contributed by atoms with Gasteiger partial charge in [0.05, 0.1) is 10.5 Å². The molecule has 0 fully saturated rings. The zero-order chi connectivity index (χ0) is 15.5. The van der Waals surface area contributed by atoms with E-state index in [1.807, 2.05) is 30.3 Å². The zero-order valence-corrected chi connectivity index (χ0v) is 11.8. The van der Waals surface area contributed by atoms with Crippen molar-refractivity contribution in [1.29, 1.82) is 0 Å². The molecule has 2 aromatic carbocycles. The van der Waals surface area contributed by atoms with Crippen molar-refractivity contribution in [1.82, 2.24) is 0 Å². The summed E-state index contributed by atoms with van der Waals surface area (Å²) < 4.78 is 5.50. The maximum atomic E-state index is 12.1. The number of hydrogen-bond acceptors (Lipinski definition) is 4. The van der Waals surface area contributed by atoms with Crippen LogP contribution in [0.15, 0.2) is 54.6 Å². The summed E-state index contributed by atoms with van der Waals surface area (Å²) in [5.74, 6) is -0.515. The van der Waals surface area contributed by atoms with Gasteiger partial charge in [0.25, 0.3) is 5.69 Å². The van der Waals surface area contributed by atoms with E-state index in [0.29, 0.717) is 0 Å². The van der Waals surface area contributed by atoms with Crippen LogP contribution in [0.2, 0.25) is 0 Å². The van der Waals surface area contributed by atoms with Gasteiger partial charge in [-0.2, -0.15) is 0 Å². The fraction of sp³-hybridized carbons (Fsp3) is 0.188. The highest BCUT2D eigenvalue weighted by atomic mass is 16.6. The quantitative estimate of drug-likeness (QED) is 0.488. The molecule has 0 saturated carbocycles. The Labute approximate surface area is 122 Å². The van der Waals surface area contributed by atoms with E-state index in [-0.39, 0.29) is 11.3 Å². The van der Waals surface area contributed by atoms with E-state index in [1.54, 1.807) is 13.8 Å². The van der Waals surface area contributed by atoms with E-state index >= 15 is 0 Å². The topological polar surface area (TPSA) is 69.4 Å². The van der Waals surface area contributed by atoms with Gasteiger partial charge >= 0.3 is 5.97 Å². The molecule has 0 bridgehead atoms. The van der Waals surface area contributed by atoms with E-state index in [2.05, 4.69) is 0 Å². The third-order valence-electron chi connectivity index (χ3n) is 3.13. The van der Waals surface area contributed by atoms with Crippen LogP contribution in [0, 0.1) is 10.1 Å². The lowest BCUT2D eigenvalue weighted by atomic mass is 9.98. The average molecular weight is 285 g/mol. The van der Waals surface area contributed by atoms with Crippen LogP contribution in [-0.4, -0.2) is 10.9 Å². The van der Waals surface area contributed by atoms with Gasteiger partial charge in [-0.1, -0.05) is 30.3 Å². The molecular weight excluding hydrogens is 270 g/mol. The second kappa shape index (κ2) is 5.75. The van der Waals surface area contributed by atoms with Gasteiger partial charge in [-0.05, 0) is 31.5 Å². The van der Waals surface area contributed by atoms with Gasteiger partial charge in [-0.3, -0.25) is 10.1 Å². The summed E-state index contributed by atoms with van der Waals surface area (Å²) in [6, 6.07) is 14.7. The van der Waals surface area contributed by atoms with Gasteiger partial charge in [0.2, 0.25) is 0 Å². The fourth-order valence-electron chi connectivity index (χ4n) is 1.91. The van der Waals surface area contributed by atoms with Crippen molar-refractivity contribution < 1.29 is 14.5 Å². The smallest absolute Gasteiger partial charge is 0.339 e. The van der Waals surface area contributed by atoms with Crippen LogP contribution in [0.4, 0.5) is 5.69 Å². The zero-order valence-electron chi connectivity index (χ0n) is 11.8. The molecule has 2 aromatic rings. The minimum atomic E-state index is -0.778. The lowest BCUT2D eigenvalue weighted by molar-refractivity contribution is -0.384. The molecule has 5 nitrogen and oxygen atoms in total. The monoisotopic (exact) mass is 285 g/mol. The maximum Gasteiger partial charge on any atom is 0.339 e. The Balaban J connectivity index is 2.15. The van der Waals surface area contributed by atoms with Crippen LogP contribution >= 0.6 is 0 Å². The number of nitrogens with zero attached hydrogens (tertiary/aromatic N) is 1. The van der Waals surface area contributed by atoms with E-state index in [0.717, 1.165) is 5.56 Å². The first-order chi connectivity index (χ1) is 9.90. The molecule has 21 heavy (non-hydrogen) atoms. The van der Waals surface area contributed by atoms with Gasteiger partial charge in [0.1, 0.15) is 5.60 Å². The van der Waals surface area contributed by atoms with Crippen LogP contribution in [0.3, 0.4) is 0 Å². The molecule has 0 radical (unpaired) electrons. The molecule has 0 aliphatic carbocycles. The fourth-order valence-corrected chi connectivity index (χ4v) is 1.91. The summed E-state index contributed by atoms with van der Waals surface area (Å²) in [5, 5.41) is 10.6. The second-order valence-corrected chi connectivity index (χ2v) is 5.07. The number of benzene rings is 2. The Hall–Kier alpha value is -2.69. The molecule has 0 amide bonds. The molecule has 0 atom stereocenters. The van der Waals surface area contributed by atoms with Crippen molar-refractivity contribution in [2.24, 2.45) is 0 Å². The van der Waals surface area contributed by atoms with Crippen molar-refractivity contribution in [3.8, 4) is 0 Å². The van der Waals surface area contributed by atoms with Gasteiger partial charge in [0, 0.05) is 12.1 Å². The molecule has 5 heteroatoms. The van der Waals surface area contributed by atoms with Crippen molar-refractivity contribution in [3.63, 3.8) is 0 Å². The molecular formula is C16H15NO4. The molecule has 0 unspecified atom stereocenters. The number of ether oxygens (including phenoxy) is 1. The van der Waals surface area contributed by atoms with Crippen LogP contribution < -0.4 is 0 Å². The van der Waals surface area contributed by atoms with E-state index in [9.17, 15) is 14.9 Å². The highest BCUT2D eigenvalue weighted by molar-refractivity contribution is 5.90. The first-order valence-corrected chi connectivity index (χ1v) is 6.43. The number of nitro benzene ring substituents is 1. The molecule has 0 aromatic heterocycles. The molecule has 0 aliphatic rings. The lowest BCUT2D eigenvalue weighted by Crippen LogP contribution is -2.25. The summed E-state index contributed by atoms with van der Waals surface area (Å²) >= 11 is 0. The van der Waals surface area contributed by atoms with Crippen LogP contribution in [-0.2, 0) is 10.3 Å². The number of nitro groups is 1. The van der Waals surface area contributed by atoms with Gasteiger partial charge in [-0.25, -0.2) is 4.79 Å². The SMILES string of the molecule is CC(C)(OC(=O)c1ccc([N+](=O)[O-])cc1)c1ccccc1. The van der Waals surface area contributed by atoms with Crippen molar-refractivity contribution in [2.75, 3.05) is 0 Å². The molecule has 2 rings (SSSR count). The first kappa shape index (κ1) is 14.7. The molecule has 0 N–H and O–H groups in total. The molecule has 0 saturated heterocycles. The Morgan fingerprint density at radius 1 is 1.05 bits per heavy atom. The molecule has 108 valence electrons. The predicted molar refractivity (Wildman–Crippen MR) is 78.0 cm³/mol. The van der Waals surface area contributed by atoms with Gasteiger partial charge in [-0.15, -0.1) is 0 Å². The Morgan fingerprint density at radius 3 is 2.14 bits per heavy atom. The number of carbonyl (C=O) groups is 1. The summed E-state index contributed by atoms with van der Waals surface area (Å²) in [6.07, 6.45) is 0. The highest BCUT2D eigenvalue weighted by Crippen LogP contribution is 2.26. The number of esters is 1. The number of carbonyl (C=O) groups excluding carboxylic acids is 1. The summed E-state index contributed by atoms with van der Waals surface area (Å²) in [6.45, 7) is 3.59. The summed E-state index contributed by atoms with van der Waals surface area (Å²) in [4.78, 5) is 22.2. The highest BCUT2D eigenvalue weighted by Gasteiger charge is 2.25. The minimum Gasteiger partial charge on any atom is -0.451 e. The third kappa shape index (κ3) is 3.45. The summed E-state index contributed by atoms with van der Waals surface area (Å²) in [7, 11) is 0. The number of rotatable bonds is 4. The van der Waals surface area contributed by atoms with Crippen LogP contribution in [0.1, 0.15) is 29.8 Å². The van der Waals surface area contributed by atoms with Gasteiger partial charge < -0.3 is 4.74 Å². The van der Waals surface area contributed by atoms with Crippen molar-refractivity contribution >= 4 is 11.7 Å². The number of non-ortho nitro benzene ring substituents is 1. The van der Waals surface area contributed by atoms with Crippen LogP contribution in [0.25, 0.3) is 0 Å². The van der Waals surface area contributed by atoms with E-state index < -0.39 is 16.5 Å². The number of hydrogen-bond donors (Lipinski definition) is 0. The van der Waals surface area contributed by atoms with Crippen molar-refractivity contribution in [3.05, 3.63) is 75.8 Å².